The van der Waals surface area contributed by atoms with Gasteiger partial charge >= 0.3 is 0 Å². The van der Waals surface area contributed by atoms with Crippen LogP contribution in [-0.4, -0.2) is 0 Å². The molecule has 0 fully saturated rings. The second kappa shape index (κ2) is 4.63. The number of hydrogen-bond acceptors (Lipinski definition) is 0. The highest BCUT2D eigenvalue weighted by molar-refractivity contribution is 6.31. The quantitative estimate of drug-likeness (QED) is 0.521. The van der Waals surface area contributed by atoms with E-state index in [1.807, 2.05) is 26.0 Å². The number of hydrogen-bond donors (Lipinski definition) is 0. The summed E-state index contributed by atoms with van der Waals surface area (Å²) in [4.78, 5) is 0. The van der Waals surface area contributed by atoms with Crippen LogP contribution in [0, 0.1) is 0 Å². The Morgan fingerprint density at radius 1 is 1.56 bits per heavy atom. The molecular weight excluding hydrogens is 132 g/mol. The molecule has 0 radical (unpaired) electrons. The molecule has 0 aromatic rings. The zero-order valence-electron chi connectivity index (χ0n) is 6.24. The van der Waals surface area contributed by atoms with Crippen LogP contribution in [0.2, 0.25) is 0 Å². The van der Waals surface area contributed by atoms with Gasteiger partial charge in [-0.05, 0) is 26.3 Å². The standard InChI is InChI=1S/C8H13Cl/c1-4-6-8(9)7(3)5-2/h4,6H,5H2,1-3H3/b6-4-,8-7+. The van der Waals surface area contributed by atoms with E-state index in [2.05, 4.69) is 6.92 Å². The molecule has 0 N–H and O–H groups in total. The summed E-state index contributed by atoms with van der Waals surface area (Å²) in [6.07, 6.45) is 4.89. The van der Waals surface area contributed by atoms with Crippen molar-refractivity contribution < 1.29 is 0 Å². The molecule has 0 aliphatic carbocycles. The summed E-state index contributed by atoms with van der Waals surface area (Å²) in [5.41, 5.74) is 1.25. The van der Waals surface area contributed by atoms with E-state index in [1.165, 1.54) is 5.57 Å². The lowest BCUT2D eigenvalue weighted by Crippen LogP contribution is -1.73. The Morgan fingerprint density at radius 2 is 2.11 bits per heavy atom. The van der Waals surface area contributed by atoms with Gasteiger partial charge in [0, 0.05) is 5.03 Å². The van der Waals surface area contributed by atoms with Crippen molar-refractivity contribution >= 4 is 11.6 Å². The van der Waals surface area contributed by atoms with Gasteiger partial charge in [0.2, 0.25) is 0 Å². The van der Waals surface area contributed by atoms with Crippen molar-refractivity contribution in [2.45, 2.75) is 27.2 Å². The molecule has 0 saturated heterocycles. The molecule has 9 heavy (non-hydrogen) atoms. The van der Waals surface area contributed by atoms with Gasteiger partial charge in [-0.3, -0.25) is 0 Å². The molecule has 0 unspecified atom stereocenters. The molecule has 0 aromatic heterocycles. The molecular formula is C8H13Cl. The van der Waals surface area contributed by atoms with Crippen LogP contribution in [0.1, 0.15) is 27.2 Å². The molecule has 0 nitrogen and oxygen atoms in total. The van der Waals surface area contributed by atoms with Crippen molar-refractivity contribution in [1.82, 2.24) is 0 Å². The Morgan fingerprint density at radius 3 is 2.44 bits per heavy atom. The number of rotatable bonds is 2. The molecule has 0 spiro atoms. The molecule has 0 aliphatic heterocycles. The number of halogens is 1. The van der Waals surface area contributed by atoms with E-state index in [9.17, 15) is 0 Å². The third-order valence-corrected chi connectivity index (χ3v) is 1.70. The van der Waals surface area contributed by atoms with E-state index in [0.29, 0.717) is 0 Å². The van der Waals surface area contributed by atoms with Gasteiger partial charge in [-0.1, -0.05) is 30.2 Å². The van der Waals surface area contributed by atoms with E-state index < -0.39 is 0 Å². The summed E-state index contributed by atoms with van der Waals surface area (Å²) in [5, 5.41) is 0.875. The Bertz CT molecular complexity index is 132. The summed E-state index contributed by atoms with van der Waals surface area (Å²) in [6.45, 7) is 6.11. The summed E-state index contributed by atoms with van der Waals surface area (Å²) in [7, 11) is 0. The van der Waals surface area contributed by atoms with Gasteiger partial charge in [0.15, 0.2) is 0 Å². The average molecular weight is 145 g/mol. The van der Waals surface area contributed by atoms with Gasteiger partial charge < -0.3 is 0 Å². The fourth-order valence-electron chi connectivity index (χ4n) is 0.457. The van der Waals surface area contributed by atoms with Crippen LogP contribution in [-0.2, 0) is 0 Å². The van der Waals surface area contributed by atoms with Crippen LogP contribution in [0.15, 0.2) is 22.8 Å². The summed E-state index contributed by atoms with van der Waals surface area (Å²) >= 11 is 5.82. The minimum Gasteiger partial charge on any atom is -0.0862 e. The van der Waals surface area contributed by atoms with Gasteiger partial charge in [0.25, 0.3) is 0 Å². The Kier molecular flexibility index (Phi) is 4.51. The fraction of sp³-hybridized carbons (Fsp3) is 0.500. The molecule has 0 bridgehead atoms. The van der Waals surface area contributed by atoms with E-state index >= 15 is 0 Å². The minimum atomic E-state index is 0.875. The maximum Gasteiger partial charge on any atom is 0.0391 e. The van der Waals surface area contributed by atoms with Gasteiger partial charge in [0.1, 0.15) is 0 Å². The minimum absolute atomic E-state index is 0.875. The molecule has 0 aromatic carbocycles. The molecule has 0 amide bonds. The number of allylic oxidation sites excluding steroid dienone is 4. The van der Waals surface area contributed by atoms with Crippen molar-refractivity contribution in [1.29, 1.82) is 0 Å². The lowest BCUT2D eigenvalue weighted by molar-refractivity contribution is 1.09. The zero-order valence-corrected chi connectivity index (χ0v) is 7.00. The van der Waals surface area contributed by atoms with E-state index in [-0.39, 0.29) is 0 Å². The lowest BCUT2D eigenvalue weighted by atomic mass is 10.2. The first-order valence-electron chi connectivity index (χ1n) is 3.20. The van der Waals surface area contributed by atoms with Crippen molar-refractivity contribution in [3.8, 4) is 0 Å². The third-order valence-electron chi connectivity index (χ3n) is 1.25. The fourth-order valence-corrected chi connectivity index (χ4v) is 0.717. The Hall–Kier alpha value is -0.230. The molecule has 0 aliphatic rings. The Labute approximate surface area is 62.2 Å². The van der Waals surface area contributed by atoms with Crippen LogP contribution in [0.25, 0.3) is 0 Å². The lowest BCUT2D eigenvalue weighted by Gasteiger charge is -1.94. The largest absolute Gasteiger partial charge is 0.0862 e. The highest BCUT2D eigenvalue weighted by Gasteiger charge is 1.89. The normalized spacial score (nSPS) is 14.2. The smallest absolute Gasteiger partial charge is 0.0391 e. The first kappa shape index (κ1) is 8.77. The SMILES string of the molecule is C/C=C\C(Cl)=C(\C)CC. The zero-order chi connectivity index (χ0) is 7.28. The Balaban J connectivity index is 4.10. The van der Waals surface area contributed by atoms with E-state index in [0.717, 1.165) is 11.5 Å². The van der Waals surface area contributed by atoms with Crippen LogP contribution < -0.4 is 0 Å². The van der Waals surface area contributed by atoms with Crippen molar-refractivity contribution in [3.63, 3.8) is 0 Å². The van der Waals surface area contributed by atoms with Crippen molar-refractivity contribution in [2.75, 3.05) is 0 Å². The van der Waals surface area contributed by atoms with Gasteiger partial charge in [-0.15, -0.1) is 0 Å². The molecule has 0 rings (SSSR count). The van der Waals surface area contributed by atoms with Gasteiger partial charge in [-0.25, -0.2) is 0 Å². The average Bonchev–Trinajstić information content (AvgIpc) is 1.87. The molecule has 0 atom stereocenters. The van der Waals surface area contributed by atoms with Crippen LogP contribution in [0.4, 0.5) is 0 Å². The maximum atomic E-state index is 5.82. The van der Waals surface area contributed by atoms with E-state index in [1.54, 1.807) is 0 Å². The van der Waals surface area contributed by atoms with Crippen LogP contribution in [0.5, 0.6) is 0 Å². The second-order valence-electron chi connectivity index (χ2n) is 1.98. The van der Waals surface area contributed by atoms with E-state index in [4.69, 9.17) is 11.6 Å². The monoisotopic (exact) mass is 144 g/mol. The summed E-state index contributed by atoms with van der Waals surface area (Å²) in [6, 6.07) is 0. The highest BCUT2D eigenvalue weighted by atomic mass is 35.5. The predicted octanol–water partition coefficient (Wildman–Crippen LogP) is 3.49. The van der Waals surface area contributed by atoms with Crippen molar-refractivity contribution in [3.05, 3.63) is 22.8 Å². The summed E-state index contributed by atoms with van der Waals surface area (Å²) in [5.74, 6) is 0. The maximum absolute atomic E-state index is 5.82. The first-order chi connectivity index (χ1) is 4.22. The molecule has 1 heteroatoms. The third kappa shape index (κ3) is 3.36. The van der Waals surface area contributed by atoms with Crippen LogP contribution >= 0.6 is 11.6 Å². The van der Waals surface area contributed by atoms with Crippen LogP contribution in [0.3, 0.4) is 0 Å². The second-order valence-corrected chi connectivity index (χ2v) is 2.39. The first-order valence-corrected chi connectivity index (χ1v) is 3.58. The summed E-state index contributed by atoms with van der Waals surface area (Å²) < 4.78 is 0. The molecule has 52 valence electrons. The molecule has 0 saturated carbocycles. The predicted molar refractivity (Wildman–Crippen MR) is 43.7 cm³/mol. The topological polar surface area (TPSA) is 0 Å². The van der Waals surface area contributed by atoms with Gasteiger partial charge in [-0.2, -0.15) is 0 Å². The molecule has 0 heterocycles. The highest BCUT2D eigenvalue weighted by Crippen LogP contribution is 2.12. The van der Waals surface area contributed by atoms with Crippen molar-refractivity contribution in [2.24, 2.45) is 0 Å². The van der Waals surface area contributed by atoms with Gasteiger partial charge in [0.05, 0.1) is 0 Å².